The zero-order valence-electron chi connectivity index (χ0n) is 10.7. The molecule has 0 aromatic carbocycles. The highest BCUT2D eigenvalue weighted by Crippen LogP contribution is 2.48. The maximum atomic E-state index is 12.3. The fourth-order valence-corrected chi connectivity index (χ4v) is 3.03. The van der Waals surface area contributed by atoms with Gasteiger partial charge < -0.3 is 20.6 Å². The smallest absolute Gasteiger partial charge is 0.307 e. The highest BCUT2D eigenvalue weighted by molar-refractivity contribution is 5.87. The number of nitrogens with one attached hydrogen (secondary N) is 1. The van der Waals surface area contributed by atoms with Crippen molar-refractivity contribution in [1.82, 2.24) is 5.32 Å². The Morgan fingerprint density at radius 3 is 2.21 bits per heavy atom. The quantitative estimate of drug-likeness (QED) is 0.497. The van der Waals surface area contributed by atoms with E-state index in [9.17, 15) is 24.9 Å². The van der Waals surface area contributed by atoms with Gasteiger partial charge in [-0.25, -0.2) is 0 Å². The summed E-state index contributed by atoms with van der Waals surface area (Å²) in [7, 11) is 0. The summed E-state index contributed by atoms with van der Waals surface area (Å²) in [5, 5.41) is 30.2. The molecule has 19 heavy (non-hydrogen) atoms. The number of carboxylic acids is 1. The monoisotopic (exact) mass is 269 g/mol. The molecule has 0 aliphatic heterocycles. The van der Waals surface area contributed by atoms with Crippen LogP contribution in [0.15, 0.2) is 12.2 Å². The maximum absolute atomic E-state index is 12.3. The van der Waals surface area contributed by atoms with Gasteiger partial charge in [-0.3, -0.25) is 9.59 Å². The topological polar surface area (TPSA) is 107 Å². The molecular formula is C13H19NO5. The highest BCUT2D eigenvalue weighted by atomic mass is 16.4. The van der Waals surface area contributed by atoms with Gasteiger partial charge in [0.2, 0.25) is 5.91 Å². The molecule has 106 valence electrons. The second-order valence-electron chi connectivity index (χ2n) is 5.70. The molecule has 6 nitrogen and oxygen atoms in total. The van der Waals surface area contributed by atoms with Crippen LogP contribution in [0.2, 0.25) is 0 Å². The van der Waals surface area contributed by atoms with E-state index in [1.807, 2.05) is 12.2 Å². The lowest BCUT2D eigenvalue weighted by Crippen LogP contribution is -2.55. The summed E-state index contributed by atoms with van der Waals surface area (Å²) in [6.45, 7) is 0.719. The Morgan fingerprint density at radius 2 is 1.74 bits per heavy atom. The zero-order valence-corrected chi connectivity index (χ0v) is 10.7. The third kappa shape index (κ3) is 2.37. The molecular weight excluding hydrogens is 250 g/mol. The number of carbonyl (C=O) groups is 2. The maximum Gasteiger partial charge on any atom is 0.307 e. The Hall–Kier alpha value is -1.40. The average molecular weight is 269 g/mol. The van der Waals surface area contributed by atoms with E-state index >= 15 is 0 Å². The first-order valence-corrected chi connectivity index (χ1v) is 6.37. The largest absolute Gasteiger partial charge is 0.481 e. The van der Waals surface area contributed by atoms with E-state index in [1.54, 1.807) is 0 Å². The number of allylic oxidation sites excluding steroid dienone is 2. The van der Waals surface area contributed by atoms with E-state index in [2.05, 4.69) is 5.32 Å². The Labute approximate surface area is 111 Å². The van der Waals surface area contributed by atoms with Crippen LogP contribution in [0.5, 0.6) is 0 Å². The number of aliphatic carboxylic acids is 1. The van der Waals surface area contributed by atoms with Gasteiger partial charge in [0.1, 0.15) is 0 Å². The number of hydrogen-bond donors (Lipinski definition) is 4. The van der Waals surface area contributed by atoms with Crippen molar-refractivity contribution in [3.8, 4) is 0 Å². The molecule has 0 aromatic heterocycles. The first-order valence-electron chi connectivity index (χ1n) is 6.37. The minimum absolute atomic E-state index is 0.0623. The lowest BCUT2D eigenvalue weighted by molar-refractivity contribution is -0.148. The summed E-state index contributed by atoms with van der Waals surface area (Å²) in [4.78, 5) is 23.6. The lowest BCUT2D eigenvalue weighted by Gasteiger charge is -2.31. The SMILES string of the molecule is CC(CO)(CO)NC(=O)C1C2C=CC(C2)C1C(=O)O. The first-order chi connectivity index (χ1) is 8.91. The molecule has 4 N–H and O–H groups in total. The summed E-state index contributed by atoms with van der Waals surface area (Å²) < 4.78 is 0. The van der Waals surface area contributed by atoms with Gasteiger partial charge in [-0.1, -0.05) is 12.2 Å². The van der Waals surface area contributed by atoms with Crippen LogP contribution in [0.25, 0.3) is 0 Å². The van der Waals surface area contributed by atoms with Gasteiger partial charge in [0.25, 0.3) is 0 Å². The Kier molecular flexibility index (Phi) is 3.64. The van der Waals surface area contributed by atoms with E-state index in [-0.39, 0.29) is 11.8 Å². The van der Waals surface area contributed by atoms with Crippen LogP contribution in [0.1, 0.15) is 13.3 Å². The molecule has 2 aliphatic carbocycles. The van der Waals surface area contributed by atoms with E-state index in [0.717, 1.165) is 0 Å². The molecule has 0 radical (unpaired) electrons. The lowest BCUT2D eigenvalue weighted by atomic mass is 9.82. The second kappa shape index (κ2) is 4.94. The third-order valence-electron chi connectivity index (χ3n) is 4.17. The molecule has 1 amide bonds. The van der Waals surface area contributed by atoms with Crippen molar-refractivity contribution in [3.63, 3.8) is 0 Å². The summed E-state index contributed by atoms with van der Waals surface area (Å²) in [5.41, 5.74) is -1.12. The van der Waals surface area contributed by atoms with Crippen LogP contribution in [-0.4, -0.2) is 45.9 Å². The van der Waals surface area contributed by atoms with Crippen molar-refractivity contribution in [1.29, 1.82) is 0 Å². The molecule has 0 saturated heterocycles. The Morgan fingerprint density at radius 1 is 1.21 bits per heavy atom. The van der Waals surface area contributed by atoms with Crippen molar-refractivity contribution in [2.75, 3.05) is 13.2 Å². The fourth-order valence-electron chi connectivity index (χ4n) is 3.03. The van der Waals surface area contributed by atoms with Crippen LogP contribution in [0.3, 0.4) is 0 Å². The summed E-state index contributed by atoms with van der Waals surface area (Å²) in [6, 6.07) is 0. The summed E-state index contributed by atoms with van der Waals surface area (Å²) >= 11 is 0. The first kappa shape index (κ1) is 14.0. The van der Waals surface area contributed by atoms with Crippen molar-refractivity contribution >= 4 is 11.9 Å². The normalized spacial score (nSPS) is 32.6. The Bertz CT molecular complexity index is 415. The molecule has 2 rings (SSSR count). The van der Waals surface area contributed by atoms with Gasteiger partial charge in [-0.15, -0.1) is 0 Å². The van der Waals surface area contributed by atoms with E-state index < -0.39 is 42.5 Å². The third-order valence-corrected chi connectivity index (χ3v) is 4.17. The average Bonchev–Trinajstić information content (AvgIpc) is 2.98. The fraction of sp³-hybridized carbons (Fsp3) is 0.692. The van der Waals surface area contributed by atoms with Crippen molar-refractivity contribution in [2.24, 2.45) is 23.7 Å². The number of amides is 1. The van der Waals surface area contributed by atoms with Crippen LogP contribution in [-0.2, 0) is 9.59 Å². The predicted molar refractivity (Wildman–Crippen MR) is 66.1 cm³/mol. The number of aliphatic hydroxyl groups is 2. The van der Waals surface area contributed by atoms with Crippen LogP contribution < -0.4 is 5.32 Å². The highest BCUT2D eigenvalue weighted by Gasteiger charge is 2.52. The van der Waals surface area contributed by atoms with Gasteiger partial charge in [0, 0.05) is 0 Å². The summed E-state index contributed by atoms with van der Waals surface area (Å²) in [6.07, 6.45) is 4.44. The number of carboxylic acid groups (broad SMARTS) is 1. The van der Waals surface area contributed by atoms with Crippen molar-refractivity contribution < 1.29 is 24.9 Å². The van der Waals surface area contributed by atoms with Crippen molar-refractivity contribution in [2.45, 2.75) is 18.9 Å². The molecule has 1 fully saturated rings. The standard InChI is InChI=1S/C13H19NO5/c1-13(5-15,6-16)14-11(17)9-7-2-3-8(4-7)10(9)12(18)19/h2-3,7-10,15-16H,4-6H2,1H3,(H,14,17)(H,18,19). The number of fused-ring (bicyclic) bond motifs is 2. The molecule has 6 heteroatoms. The molecule has 0 spiro atoms. The van der Waals surface area contributed by atoms with Gasteiger partial charge in [0.05, 0.1) is 30.6 Å². The molecule has 2 bridgehead atoms. The van der Waals surface area contributed by atoms with E-state index in [1.165, 1.54) is 6.92 Å². The number of hydrogen-bond acceptors (Lipinski definition) is 4. The van der Waals surface area contributed by atoms with Crippen molar-refractivity contribution in [3.05, 3.63) is 12.2 Å². The minimum Gasteiger partial charge on any atom is -0.481 e. The molecule has 4 atom stereocenters. The number of carbonyl (C=O) groups excluding carboxylic acids is 1. The van der Waals surface area contributed by atoms with Crippen LogP contribution in [0.4, 0.5) is 0 Å². The van der Waals surface area contributed by atoms with Gasteiger partial charge in [-0.2, -0.15) is 0 Å². The predicted octanol–water partition coefficient (Wildman–Crippen LogP) is -0.631. The minimum atomic E-state index is -1.12. The Balaban J connectivity index is 2.14. The molecule has 1 saturated carbocycles. The second-order valence-corrected chi connectivity index (χ2v) is 5.70. The van der Waals surface area contributed by atoms with Gasteiger partial charge in [0.15, 0.2) is 0 Å². The van der Waals surface area contributed by atoms with Gasteiger partial charge >= 0.3 is 5.97 Å². The van der Waals surface area contributed by atoms with E-state index in [0.29, 0.717) is 6.42 Å². The van der Waals surface area contributed by atoms with Gasteiger partial charge in [-0.05, 0) is 25.2 Å². The molecule has 4 unspecified atom stereocenters. The number of aliphatic hydroxyl groups excluding tert-OH is 2. The number of rotatable bonds is 5. The van der Waals surface area contributed by atoms with Crippen LogP contribution >= 0.6 is 0 Å². The zero-order chi connectivity index (χ0) is 14.2. The van der Waals surface area contributed by atoms with Crippen LogP contribution in [0, 0.1) is 23.7 Å². The van der Waals surface area contributed by atoms with E-state index in [4.69, 9.17) is 0 Å². The molecule has 2 aliphatic rings. The summed E-state index contributed by atoms with van der Waals surface area (Å²) in [5.74, 6) is -2.86. The molecule has 0 aromatic rings. The molecule has 0 heterocycles.